The Balaban J connectivity index is 2.13. The number of rotatable bonds is 8. The van der Waals surface area contributed by atoms with Gasteiger partial charge in [0.2, 0.25) is 0 Å². The van der Waals surface area contributed by atoms with E-state index in [1.54, 1.807) is 30.3 Å². The molecule has 3 aromatic carbocycles. The van der Waals surface area contributed by atoms with Crippen molar-refractivity contribution in [3.05, 3.63) is 85.5 Å². The fraction of sp³-hybridized carbons (Fsp3) is 0.231. The fourth-order valence-corrected chi connectivity index (χ4v) is 4.86. The Morgan fingerprint density at radius 1 is 0.941 bits per heavy atom. The Hall–Kier alpha value is -2.71. The lowest BCUT2D eigenvalue weighted by Gasteiger charge is -2.19. The number of halogens is 3. The van der Waals surface area contributed by atoms with E-state index in [0.717, 1.165) is 5.56 Å². The topological polar surface area (TPSA) is 61.8 Å². The van der Waals surface area contributed by atoms with Crippen molar-refractivity contribution in [3.63, 3.8) is 0 Å². The first kappa shape index (κ1) is 25.9. The predicted octanol–water partition coefficient (Wildman–Crippen LogP) is 7.22. The van der Waals surface area contributed by atoms with Crippen LogP contribution in [0.1, 0.15) is 46.8 Å². The Morgan fingerprint density at radius 2 is 1.59 bits per heavy atom. The molecule has 0 fully saturated rings. The summed E-state index contributed by atoms with van der Waals surface area (Å²) in [4.78, 5) is 25.0. The Bertz CT molecular complexity index is 1220. The summed E-state index contributed by atoms with van der Waals surface area (Å²) < 4.78 is 32.0. The second kappa shape index (κ2) is 11.1. The van der Waals surface area contributed by atoms with Crippen LogP contribution in [-0.2, 0) is 16.0 Å². The first-order valence-electron chi connectivity index (χ1n) is 10.4. The zero-order valence-electron chi connectivity index (χ0n) is 19.1. The molecule has 0 bridgehead atoms. The molecule has 0 aliphatic heterocycles. The van der Waals surface area contributed by atoms with Gasteiger partial charge in [-0.15, -0.1) is 0 Å². The monoisotopic (exact) mass is 592 g/mol. The minimum atomic E-state index is -0.625. The first-order chi connectivity index (χ1) is 16.2. The highest BCUT2D eigenvalue weighted by molar-refractivity contribution is 9.11. The van der Waals surface area contributed by atoms with Crippen LogP contribution >= 0.6 is 31.9 Å². The van der Waals surface area contributed by atoms with E-state index in [4.69, 9.17) is 14.2 Å². The summed E-state index contributed by atoms with van der Waals surface area (Å²) in [6, 6.07) is 12.6. The minimum Gasteiger partial charge on any atom is -0.496 e. The molecule has 5 nitrogen and oxygen atoms in total. The number of benzene rings is 3. The lowest BCUT2D eigenvalue weighted by Crippen LogP contribution is -2.09. The van der Waals surface area contributed by atoms with Crippen molar-refractivity contribution in [1.82, 2.24) is 0 Å². The smallest absolute Gasteiger partial charge is 0.309 e. The van der Waals surface area contributed by atoms with E-state index in [0.29, 0.717) is 26.0 Å². The molecule has 0 unspecified atom stereocenters. The third-order valence-electron chi connectivity index (χ3n) is 5.16. The van der Waals surface area contributed by atoms with Crippen molar-refractivity contribution in [1.29, 1.82) is 0 Å². The first-order valence-corrected chi connectivity index (χ1v) is 12.0. The van der Waals surface area contributed by atoms with Gasteiger partial charge in [0, 0.05) is 5.56 Å². The average molecular weight is 594 g/mol. The standard InChI is InChI=1S/C26H23Br2FO5/c1-14(2)17-12-23(34-26-19(27)9-15(10-20(26)28)11-24(30)33-4)18(13-22(17)32-3)25(31)16-7-5-6-8-21(16)29/h5-10,12-14H,11H2,1-4H3. The van der Waals surface area contributed by atoms with Crippen LogP contribution in [0.25, 0.3) is 0 Å². The summed E-state index contributed by atoms with van der Waals surface area (Å²) in [5.41, 5.74) is 1.62. The Labute approximate surface area is 214 Å². The van der Waals surface area contributed by atoms with Gasteiger partial charge in [0.15, 0.2) is 11.5 Å². The highest BCUT2D eigenvalue weighted by Crippen LogP contribution is 2.42. The van der Waals surface area contributed by atoms with Crippen molar-refractivity contribution in [2.24, 2.45) is 0 Å². The van der Waals surface area contributed by atoms with Crippen LogP contribution in [0.3, 0.4) is 0 Å². The molecule has 0 amide bonds. The average Bonchev–Trinajstić information content (AvgIpc) is 2.80. The van der Waals surface area contributed by atoms with Crippen LogP contribution in [0.5, 0.6) is 17.2 Å². The van der Waals surface area contributed by atoms with Gasteiger partial charge in [-0.3, -0.25) is 9.59 Å². The van der Waals surface area contributed by atoms with Gasteiger partial charge in [-0.2, -0.15) is 0 Å². The number of ketones is 1. The molecule has 0 saturated heterocycles. The third kappa shape index (κ3) is 5.67. The number of hydrogen-bond acceptors (Lipinski definition) is 5. The van der Waals surface area contributed by atoms with E-state index >= 15 is 0 Å². The van der Waals surface area contributed by atoms with Crippen molar-refractivity contribution in [3.8, 4) is 17.2 Å². The molecule has 8 heteroatoms. The molecular formula is C26H23Br2FO5. The maximum atomic E-state index is 14.4. The zero-order valence-corrected chi connectivity index (χ0v) is 22.3. The van der Waals surface area contributed by atoms with E-state index in [9.17, 15) is 14.0 Å². The Morgan fingerprint density at radius 3 is 2.15 bits per heavy atom. The molecule has 0 heterocycles. The van der Waals surface area contributed by atoms with Gasteiger partial charge < -0.3 is 14.2 Å². The van der Waals surface area contributed by atoms with E-state index < -0.39 is 11.6 Å². The fourth-order valence-electron chi connectivity index (χ4n) is 3.42. The molecule has 0 aliphatic rings. The largest absolute Gasteiger partial charge is 0.496 e. The lowest BCUT2D eigenvalue weighted by atomic mass is 9.95. The van der Waals surface area contributed by atoms with Crippen molar-refractivity contribution < 1.29 is 28.2 Å². The highest BCUT2D eigenvalue weighted by atomic mass is 79.9. The van der Waals surface area contributed by atoms with Gasteiger partial charge in [-0.25, -0.2) is 4.39 Å². The van der Waals surface area contributed by atoms with Crippen LogP contribution in [0.4, 0.5) is 4.39 Å². The van der Waals surface area contributed by atoms with Crippen molar-refractivity contribution in [2.45, 2.75) is 26.2 Å². The molecule has 178 valence electrons. The van der Waals surface area contributed by atoms with Gasteiger partial charge in [0.1, 0.15) is 17.3 Å². The van der Waals surface area contributed by atoms with Crippen molar-refractivity contribution >= 4 is 43.6 Å². The van der Waals surface area contributed by atoms with Crippen molar-refractivity contribution in [2.75, 3.05) is 14.2 Å². The second-order valence-electron chi connectivity index (χ2n) is 7.80. The second-order valence-corrected chi connectivity index (χ2v) is 9.51. The number of esters is 1. The Kier molecular flexibility index (Phi) is 8.49. The number of ether oxygens (including phenoxy) is 3. The maximum absolute atomic E-state index is 14.4. The molecule has 0 aromatic heterocycles. The summed E-state index contributed by atoms with van der Waals surface area (Å²) in [6.07, 6.45) is 0.0883. The molecule has 0 aliphatic carbocycles. The lowest BCUT2D eigenvalue weighted by molar-refractivity contribution is -0.139. The minimum absolute atomic E-state index is 0.0711. The van der Waals surface area contributed by atoms with Gasteiger partial charge in [-0.05, 0) is 79.7 Å². The van der Waals surface area contributed by atoms with Gasteiger partial charge >= 0.3 is 5.97 Å². The molecule has 0 saturated carbocycles. The molecule has 0 radical (unpaired) electrons. The van der Waals surface area contributed by atoms with Gasteiger partial charge in [0.05, 0.1) is 40.7 Å². The van der Waals surface area contributed by atoms with Crippen LogP contribution in [0.2, 0.25) is 0 Å². The molecule has 0 spiro atoms. The molecule has 3 aromatic rings. The normalized spacial score (nSPS) is 10.8. The van der Waals surface area contributed by atoms with E-state index in [-0.39, 0.29) is 35.2 Å². The van der Waals surface area contributed by atoms with Gasteiger partial charge in [-0.1, -0.05) is 26.0 Å². The molecule has 3 rings (SSSR count). The summed E-state index contributed by atoms with van der Waals surface area (Å²) in [5.74, 6) is -0.299. The number of methoxy groups -OCH3 is 2. The van der Waals surface area contributed by atoms with Crippen LogP contribution in [0.15, 0.2) is 57.5 Å². The number of carbonyl (C=O) groups is 2. The summed E-state index contributed by atoms with van der Waals surface area (Å²) >= 11 is 6.97. The predicted molar refractivity (Wildman–Crippen MR) is 135 cm³/mol. The number of carbonyl (C=O) groups excluding carboxylic acids is 2. The number of hydrogen-bond donors (Lipinski definition) is 0. The van der Waals surface area contributed by atoms with E-state index in [2.05, 4.69) is 31.9 Å². The summed E-state index contributed by atoms with van der Waals surface area (Å²) in [6.45, 7) is 3.99. The van der Waals surface area contributed by atoms with Gasteiger partial charge in [0.25, 0.3) is 0 Å². The van der Waals surface area contributed by atoms with Crippen LogP contribution < -0.4 is 9.47 Å². The summed E-state index contributed by atoms with van der Waals surface area (Å²) in [7, 11) is 2.85. The highest BCUT2D eigenvalue weighted by Gasteiger charge is 2.24. The zero-order chi connectivity index (χ0) is 25.0. The molecular weight excluding hydrogens is 571 g/mol. The molecule has 0 N–H and O–H groups in total. The SMILES string of the molecule is COC(=O)Cc1cc(Br)c(Oc2cc(C(C)C)c(OC)cc2C(=O)c2ccccc2F)c(Br)c1. The third-order valence-corrected chi connectivity index (χ3v) is 6.34. The molecule has 34 heavy (non-hydrogen) atoms. The van der Waals surface area contributed by atoms with Crippen LogP contribution in [0, 0.1) is 5.82 Å². The van der Waals surface area contributed by atoms with E-state index in [1.807, 2.05) is 13.8 Å². The van der Waals surface area contributed by atoms with Crippen LogP contribution in [-0.4, -0.2) is 26.0 Å². The van der Waals surface area contributed by atoms with E-state index in [1.165, 1.54) is 32.4 Å². The maximum Gasteiger partial charge on any atom is 0.309 e. The quantitative estimate of drug-likeness (QED) is 0.204. The molecule has 0 atom stereocenters. The summed E-state index contributed by atoms with van der Waals surface area (Å²) in [5, 5.41) is 0.